The summed E-state index contributed by atoms with van der Waals surface area (Å²) in [5.41, 5.74) is 2.68. The molecular weight excluding hydrogens is 423 g/mol. The van der Waals surface area contributed by atoms with E-state index in [-0.39, 0.29) is 11.9 Å². The number of ether oxygens (including phenoxy) is 2. The van der Waals surface area contributed by atoms with Gasteiger partial charge in [0.05, 0.1) is 30.9 Å². The van der Waals surface area contributed by atoms with Crippen molar-refractivity contribution in [1.29, 1.82) is 0 Å². The van der Waals surface area contributed by atoms with Gasteiger partial charge in [0.1, 0.15) is 12.4 Å². The Kier molecular flexibility index (Phi) is 6.30. The molecule has 1 unspecified atom stereocenters. The van der Waals surface area contributed by atoms with Crippen LogP contribution < -0.4 is 0 Å². The highest BCUT2D eigenvalue weighted by Gasteiger charge is 2.23. The van der Waals surface area contributed by atoms with Crippen LogP contribution in [0.1, 0.15) is 29.6 Å². The number of hydrogen-bond donors (Lipinski definition) is 0. The maximum absolute atomic E-state index is 11.8. The van der Waals surface area contributed by atoms with Crippen molar-refractivity contribution in [3.63, 3.8) is 0 Å². The van der Waals surface area contributed by atoms with Crippen molar-refractivity contribution in [3.05, 3.63) is 75.7 Å². The van der Waals surface area contributed by atoms with Crippen LogP contribution >= 0.6 is 23.2 Å². The predicted molar refractivity (Wildman–Crippen MR) is 118 cm³/mol. The van der Waals surface area contributed by atoms with Crippen molar-refractivity contribution in [2.45, 2.75) is 25.8 Å². The normalized spacial score (nSPS) is 19.0. The largest absolute Gasteiger partial charge is 0.493 e. The number of carbonyl (C=O) groups is 1. The van der Waals surface area contributed by atoms with Gasteiger partial charge in [-0.25, -0.2) is 4.79 Å². The number of fused-ring (bicyclic) bond motifs is 1. The van der Waals surface area contributed by atoms with Crippen LogP contribution in [-0.4, -0.2) is 29.5 Å². The van der Waals surface area contributed by atoms with E-state index < -0.39 is 0 Å². The highest BCUT2D eigenvalue weighted by molar-refractivity contribution is 6.30. The number of benzene rings is 1. The summed E-state index contributed by atoms with van der Waals surface area (Å²) >= 11 is 12.4. The van der Waals surface area contributed by atoms with Crippen molar-refractivity contribution in [3.8, 4) is 0 Å². The van der Waals surface area contributed by atoms with E-state index in [4.69, 9.17) is 32.7 Å². The van der Waals surface area contributed by atoms with Gasteiger partial charge in [-0.2, -0.15) is 5.10 Å². The number of halogens is 2. The molecule has 5 nitrogen and oxygen atoms in total. The van der Waals surface area contributed by atoms with E-state index in [2.05, 4.69) is 5.10 Å². The molecule has 1 heterocycles. The van der Waals surface area contributed by atoms with Crippen LogP contribution in [0, 0.1) is 5.92 Å². The molecule has 0 spiro atoms. The Morgan fingerprint density at radius 2 is 2.00 bits per heavy atom. The van der Waals surface area contributed by atoms with Crippen molar-refractivity contribution >= 4 is 40.1 Å². The Hall–Kier alpha value is -2.50. The highest BCUT2D eigenvalue weighted by Crippen LogP contribution is 2.31. The lowest BCUT2D eigenvalue weighted by molar-refractivity contribution is 0.0601. The quantitative estimate of drug-likeness (QED) is 0.535. The van der Waals surface area contributed by atoms with Crippen LogP contribution in [0.2, 0.25) is 0 Å². The average molecular weight is 445 g/mol. The van der Waals surface area contributed by atoms with Crippen LogP contribution in [0.3, 0.4) is 0 Å². The first-order valence-corrected chi connectivity index (χ1v) is 10.6. The topological polar surface area (TPSA) is 53.3 Å². The Morgan fingerprint density at radius 1 is 1.17 bits per heavy atom. The zero-order chi connectivity index (χ0) is 21.1. The average Bonchev–Trinajstić information content (AvgIpc) is 3.15. The van der Waals surface area contributed by atoms with Gasteiger partial charge in [-0.05, 0) is 61.3 Å². The summed E-state index contributed by atoms with van der Waals surface area (Å²) in [6.07, 6.45) is 12.0. The van der Waals surface area contributed by atoms with Crippen molar-refractivity contribution in [2.75, 3.05) is 13.7 Å². The van der Waals surface area contributed by atoms with Gasteiger partial charge in [-0.1, -0.05) is 29.3 Å². The van der Waals surface area contributed by atoms with Crippen LogP contribution in [0.15, 0.2) is 70.1 Å². The van der Waals surface area contributed by atoms with E-state index in [9.17, 15) is 4.79 Å². The standard InChI is InChI=1S/C23H22Cl2N2O3/c1-29-23(28)16-4-8-21-17(10-16)12-26-27(21)13-18-11-20(25)7-9-22(18)30-14-15-2-5-19(24)6-3-15/h2,4-5,7-10,12,18H,3,6,11,13-14H2,1H3. The van der Waals surface area contributed by atoms with Gasteiger partial charge in [0.2, 0.25) is 0 Å². The van der Waals surface area contributed by atoms with E-state index >= 15 is 0 Å². The molecular formula is C23H22Cl2N2O3. The fourth-order valence-corrected chi connectivity index (χ4v) is 4.08. The zero-order valence-corrected chi connectivity index (χ0v) is 18.1. The summed E-state index contributed by atoms with van der Waals surface area (Å²) in [4.78, 5) is 11.8. The zero-order valence-electron chi connectivity index (χ0n) is 16.6. The summed E-state index contributed by atoms with van der Waals surface area (Å²) in [7, 11) is 1.37. The molecule has 0 fully saturated rings. The van der Waals surface area contributed by atoms with Crippen LogP contribution in [0.5, 0.6) is 0 Å². The molecule has 0 amide bonds. The molecule has 1 atom stereocenters. The minimum absolute atomic E-state index is 0.0780. The minimum atomic E-state index is -0.361. The van der Waals surface area contributed by atoms with E-state index in [1.165, 1.54) is 12.7 Å². The molecule has 4 rings (SSSR count). The number of carbonyl (C=O) groups excluding carboxylic acids is 1. The van der Waals surface area contributed by atoms with E-state index in [0.717, 1.165) is 39.6 Å². The van der Waals surface area contributed by atoms with Gasteiger partial charge >= 0.3 is 5.97 Å². The van der Waals surface area contributed by atoms with Gasteiger partial charge in [-0.3, -0.25) is 4.68 Å². The minimum Gasteiger partial charge on any atom is -0.493 e. The number of aromatic nitrogens is 2. The Bertz CT molecular complexity index is 1100. The fraction of sp³-hybridized carbons (Fsp3) is 0.304. The molecule has 2 aromatic rings. The first-order chi connectivity index (χ1) is 14.5. The Labute approximate surface area is 185 Å². The number of allylic oxidation sites excluding steroid dienone is 7. The summed E-state index contributed by atoms with van der Waals surface area (Å²) < 4.78 is 12.9. The number of methoxy groups -OCH3 is 1. The van der Waals surface area contributed by atoms with Gasteiger partial charge in [0, 0.05) is 21.4 Å². The van der Waals surface area contributed by atoms with E-state index in [1.54, 1.807) is 18.3 Å². The van der Waals surface area contributed by atoms with Crippen LogP contribution in [0.4, 0.5) is 0 Å². The molecule has 30 heavy (non-hydrogen) atoms. The predicted octanol–water partition coefficient (Wildman–Crippen LogP) is 5.71. The fourth-order valence-electron chi connectivity index (χ4n) is 3.67. The van der Waals surface area contributed by atoms with Crippen molar-refractivity contribution < 1.29 is 14.3 Å². The van der Waals surface area contributed by atoms with Crippen LogP contribution in [0.25, 0.3) is 10.9 Å². The number of hydrogen-bond acceptors (Lipinski definition) is 4. The summed E-state index contributed by atoms with van der Waals surface area (Å²) in [5, 5.41) is 7.08. The maximum Gasteiger partial charge on any atom is 0.337 e. The third-order valence-electron chi connectivity index (χ3n) is 5.34. The van der Waals surface area contributed by atoms with E-state index in [1.807, 2.05) is 35.1 Å². The monoisotopic (exact) mass is 444 g/mol. The molecule has 1 aromatic carbocycles. The molecule has 2 aliphatic rings. The molecule has 7 heteroatoms. The second-order valence-corrected chi connectivity index (χ2v) is 8.37. The molecule has 0 saturated heterocycles. The lowest BCUT2D eigenvalue weighted by Gasteiger charge is -2.24. The van der Waals surface area contributed by atoms with Crippen LogP contribution in [-0.2, 0) is 16.0 Å². The summed E-state index contributed by atoms with van der Waals surface area (Å²) in [6, 6.07) is 5.43. The molecule has 156 valence electrons. The molecule has 2 aliphatic carbocycles. The molecule has 0 radical (unpaired) electrons. The third-order valence-corrected chi connectivity index (χ3v) is 5.93. The Balaban J connectivity index is 1.50. The first-order valence-electron chi connectivity index (χ1n) is 9.80. The van der Waals surface area contributed by atoms with Crippen molar-refractivity contribution in [2.24, 2.45) is 5.92 Å². The second kappa shape index (κ2) is 9.11. The molecule has 1 aromatic heterocycles. The smallest absolute Gasteiger partial charge is 0.337 e. The highest BCUT2D eigenvalue weighted by atomic mass is 35.5. The number of rotatable bonds is 6. The molecule has 0 bridgehead atoms. The van der Waals surface area contributed by atoms with Gasteiger partial charge < -0.3 is 9.47 Å². The number of esters is 1. The second-order valence-electron chi connectivity index (χ2n) is 7.40. The summed E-state index contributed by atoms with van der Waals surface area (Å²) in [5.74, 6) is 0.616. The number of nitrogens with zero attached hydrogens (tertiary/aromatic N) is 2. The molecule has 0 saturated carbocycles. The first kappa shape index (κ1) is 20.8. The Morgan fingerprint density at radius 3 is 2.77 bits per heavy atom. The van der Waals surface area contributed by atoms with E-state index in [0.29, 0.717) is 25.1 Å². The van der Waals surface area contributed by atoms with Gasteiger partial charge in [0.25, 0.3) is 0 Å². The van der Waals surface area contributed by atoms with Gasteiger partial charge in [0.15, 0.2) is 0 Å². The lowest BCUT2D eigenvalue weighted by Crippen LogP contribution is -2.19. The van der Waals surface area contributed by atoms with Crippen molar-refractivity contribution in [1.82, 2.24) is 9.78 Å². The SMILES string of the molecule is COC(=O)c1ccc2c(cnn2CC2CC(Cl)=CC=C2OCC2=CC=C(Cl)CC2)c1. The summed E-state index contributed by atoms with van der Waals surface area (Å²) in [6.45, 7) is 1.17. The molecule has 0 N–H and O–H groups in total. The van der Waals surface area contributed by atoms with Gasteiger partial charge in [-0.15, -0.1) is 0 Å². The maximum atomic E-state index is 11.8. The third kappa shape index (κ3) is 4.63. The lowest BCUT2D eigenvalue weighted by atomic mass is 9.98. The molecule has 0 aliphatic heterocycles.